The maximum atomic E-state index is 7.51. The highest BCUT2D eigenvalue weighted by molar-refractivity contribution is 6.54. The number of hydrogen-bond donors (Lipinski definition) is 2. The first-order valence-electron chi connectivity index (χ1n) is 18.4. The summed E-state index contributed by atoms with van der Waals surface area (Å²) in [6, 6.07) is 42.4. The second kappa shape index (κ2) is 14.9. The molecule has 2 aliphatic heterocycles. The predicted molar refractivity (Wildman–Crippen MR) is 231 cm³/mol. The lowest BCUT2D eigenvalue weighted by Gasteiger charge is -2.14. The van der Waals surface area contributed by atoms with E-state index < -0.39 is 0 Å². The van der Waals surface area contributed by atoms with Crippen LogP contribution in [0.25, 0.3) is 78.2 Å². The van der Waals surface area contributed by atoms with E-state index in [4.69, 9.17) is 40.5 Å². The first kappa shape index (κ1) is 35.7. The van der Waals surface area contributed by atoms with Crippen molar-refractivity contribution in [1.82, 2.24) is 19.9 Å². The molecule has 8 bridgehead atoms. The summed E-state index contributed by atoms with van der Waals surface area (Å²) in [5, 5.41) is 0.521. The van der Waals surface area contributed by atoms with E-state index in [9.17, 15) is 0 Å². The van der Waals surface area contributed by atoms with Crippen LogP contribution in [0.15, 0.2) is 127 Å². The lowest BCUT2D eigenvalue weighted by Crippen LogP contribution is -1.94. The summed E-state index contributed by atoms with van der Waals surface area (Å²) in [4.78, 5) is 17.9. The molecule has 0 saturated carbocycles. The Balaban J connectivity index is 1.52. The Hall–Kier alpha value is -7.03. The van der Waals surface area contributed by atoms with Gasteiger partial charge in [-0.05, 0) is 113 Å². The van der Waals surface area contributed by atoms with Crippen LogP contribution in [0.2, 0.25) is 0 Å². The van der Waals surface area contributed by atoms with Gasteiger partial charge in [0.2, 0.25) is 0 Å². The van der Waals surface area contributed by atoms with Crippen molar-refractivity contribution in [1.29, 1.82) is 0 Å². The molecule has 0 spiro atoms. The number of fused-ring (bicyclic) bond motifs is 8. The van der Waals surface area contributed by atoms with Gasteiger partial charge in [-0.1, -0.05) is 60.1 Å². The molecule has 3 aromatic heterocycles. The number of hydrogen-bond acceptors (Lipinski definition) is 6. The van der Waals surface area contributed by atoms with Gasteiger partial charge in [-0.15, -0.1) is 0 Å². The zero-order valence-corrected chi connectivity index (χ0v) is 32.4. The van der Waals surface area contributed by atoms with E-state index in [0.717, 1.165) is 101 Å². The van der Waals surface area contributed by atoms with Gasteiger partial charge in [-0.25, -0.2) is 9.97 Å². The molecule has 7 aromatic rings. The zero-order chi connectivity index (χ0) is 39.0. The molecule has 2 N–H and O–H groups in total. The number of ether oxygens (including phenoxy) is 4. The summed E-state index contributed by atoms with van der Waals surface area (Å²) in [5.41, 5.74) is 13.7. The average molecular weight is 769 g/mol. The fourth-order valence-electron chi connectivity index (χ4n) is 7.44. The van der Waals surface area contributed by atoms with Crippen LogP contribution >= 0.6 is 11.6 Å². The highest BCUT2D eigenvalue weighted by atomic mass is 35.5. The number of halogens is 1. The van der Waals surface area contributed by atoms with Crippen molar-refractivity contribution in [3.63, 3.8) is 0 Å². The molecule has 0 amide bonds. The number of aromatic amines is 2. The lowest BCUT2D eigenvalue weighted by molar-refractivity contribution is 0.414. The number of methoxy groups -OCH3 is 4. The Morgan fingerprint density at radius 2 is 0.912 bits per heavy atom. The lowest BCUT2D eigenvalue weighted by atomic mass is 9.91. The minimum atomic E-state index is 0.521. The molecular weight excluding hydrogens is 732 g/mol. The second-order valence-electron chi connectivity index (χ2n) is 13.6. The summed E-state index contributed by atoms with van der Waals surface area (Å²) < 4.78 is 22.4. The maximum absolute atomic E-state index is 7.51. The minimum Gasteiger partial charge on any atom is -0.497 e. The standard InChI is InChI=1S/C48H37ClN4O4/c1-54-36-17-5-28(6-18-36)42-40-26-34-15-13-32(50-34)25-33-14-16-35(51-33)27-41-46(49)44(30-9-21-38(56-3)22-10-30)48(53-41)45(31-11-23-39(57-4)24-12-31)47(52-40)43(42)29-7-19-37(55-2)20-8-29/h5-27,51-52H,1-4H3. The Bertz CT molecular complexity index is 2870. The van der Waals surface area contributed by atoms with Gasteiger partial charge in [0.1, 0.15) is 23.0 Å². The quantitative estimate of drug-likeness (QED) is 0.160. The van der Waals surface area contributed by atoms with Crippen LogP contribution in [-0.2, 0) is 0 Å². The Kier molecular flexibility index (Phi) is 9.32. The largest absolute Gasteiger partial charge is 0.497 e. The van der Waals surface area contributed by atoms with Crippen molar-refractivity contribution >= 4 is 56.4 Å². The number of nitrogens with one attached hydrogen (secondary N) is 2. The van der Waals surface area contributed by atoms with E-state index in [2.05, 4.69) is 52.4 Å². The van der Waals surface area contributed by atoms with E-state index in [1.807, 2.05) is 97.1 Å². The van der Waals surface area contributed by atoms with Crippen molar-refractivity contribution in [2.24, 2.45) is 0 Å². The molecule has 280 valence electrons. The van der Waals surface area contributed by atoms with Gasteiger partial charge in [-0.3, -0.25) is 0 Å². The Morgan fingerprint density at radius 3 is 1.44 bits per heavy atom. The molecule has 4 aromatic carbocycles. The van der Waals surface area contributed by atoms with E-state index in [1.165, 1.54) is 0 Å². The van der Waals surface area contributed by atoms with Gasteiger partial charge < -0.3 is 28.9 Å². The molecule has 8 nitrogen and oxygen atoms in total. The zero-order valence-electron chi connectivity index (χ0n) is 31.7. The fourth-order valence-corrected chi connectivity index (χ4v) is 7.73. The normalized spacial score (nSPS) is 12.2. The summed E-state index contributed by atoms with van der Waals surface area (Å²) in [5.74, 6) is 2.98. The molecule has 9 heteroatoms. The molecular formula is C48H37ClN4O4. The first-order valence-corrected chi connectivity index (χ1v) is 18.7. The number of benzene rings is 4. The monoisotopic (exact) mass is 768 g/mol. The molecule has 0 unspecified atom stereocenters. The van der Waals surface area contributed by atoms with Crippen LogP contribution in [0, 0.1) is 0 Å². The Morgan fingerprint density at radius 1 is 0.456 bits per heavy atom. The number of rotatable bonds is 8. The van der Waals surface area contributed by atoms with Crippen LogP contribution in [0.1, 0.15) is 28.3 Å². The fraction of sp³-hybridized carbons (Fsp3) is 0.0833. The molecule has 5 heterocycles. The van der Waals surface area contributed by atoms with E-state index in [1.54, 1.807) is 28.4 Å². The van der Waals surface area contributed by atoms with Gasteiger partial charge >= 0.3 is 0 Å². The van der Waals surface area contributed by atoms with Gasteiger partial charge in [0.15, 0.2) is 0 Å². The molecule has 9 rings (SSSR count). The highest BCUT2D eigenvalue weighted by Crippen LogP contribution is 2.48. The van der Waals surface area contributed by atoms with Crippen LogP contribution in [0.4, 0.5) is 0 Å². The van der Waals surface area contributed by atoms with Crippen LogP contribution in [-0.4, -0.2) is 48.4 Å². The summed E-state index contributed by atoms with van der Waals surface area (Å²) in [7, 11) is 6.67. The summed E-state index contributed by atoms with van der Waals surface area (Å²) in [6.07, 6.45) is 4.05. The van der Waals surface area contributed by atoms with Crippen molar-refractivity contribution in [2.75, 3.05) is 28.4 Å². The van der Waals surface area contributed by atoms with Crippen molar-refractivity contribution in [3.05, 3.63) is 156 Å². The highest BCUT2D eigenvalue weighted by Gasteiger charge is 2.28. The van der Waals surface area contributed by atoms with Crippen molar-refractivity contribution in [3.8, 4) is 56.4 Å². The molecule has 0 atom stereocenters. The van der Waals surface area contributed by atoms with Crippen molar-refractivity contribution < 1.29 is 18.9 Å². The summed E-state index contributed by atoms with van der Waals surface area (Å²) >= 11 is 7.51. The smallest absolute Gasteiger partial charge is 0.118 e. The molecule has 0 radical (unpaired) electrons. The molecule has 57 heavy (non-hydrogen) atoms. The molecule has 0 saturated heterocycles. The van der Waals surface area contributed by atoms with Crippen LogP contribution in [0.3, 0.4) is 0 Å². The third-order valence-electron chi connectivity index (χ3n) is 10.2. The molecule has 0 aliphatic carbocycles. The Labute approximate surface area is 334 Å². The maximum Gasteiger partial charge on any atom is 0.118 e. The van der Waals surface area contributed by atoms with Gasteiger partial charge in [0, 0.05) is 38.8 Å². The predicted octanol–water partition coefficient (Wildman–Crippen LogP) is 11.7. The van der Waals surface area contributed by atoms with E-state index >= 15 is 0 Å². The number of H-pyrrole nitrogens is 2. The average Bonchev–Trinajstić information content (AvgIpc) is 4.05. The van der Waals surface area contributed by atoms with Gasteiger partial charge in [0.25, 0.3) is 0 Å². The third kappa shape index (κ3) is 6.70. The van der Waals surface area contributed by atoms with Gasteiger partial charge in [-0.2, -0.15) is 0 Å². The van der Waals surface area contributed by atoms with Crippen LogP contribution < -0.4 is 18.9 Å². The van der Waals surface area contributed by atoms with Crippen LogP contribution in [0.5, 0.6) is 23.0 Å². The second-order valence-corrected chi connectivity index (χ2v) is 14.0. The molecule has 2 aliphatic rings. The molecule has 0 fully saturated rings. The third-order valence-corrected chi connectivity index (χ3v) is 10.6. The SMILES string of the molecule is COc1ccc(C2=C(Cl)c3cc4ccc(cc5nc(cc6[nH]c(c(-c7ccc(OC)cc7)c2n3)c(-c2ccc(OC)cc2)c6-c2ccc(OC)cc2)C=C5)[nH]4)cc1. The topological polar surface area (TPSA) is 94.3 Å². The van der Waals surface area contributed by atoms with E-state index in [0.29, 0.717) is 16.4 Å². The first-order chi connectivity index (χ1) is 27.9. The number of aromatic nitrogens is 4. The minimum absolute atomic E-state index is 0.521. The van der Waals surface area contributed by atoms with Gasteiger partial charge in [0.05, 0.1) is 61.8 Å². The number of nitrogens with zero attached hydrogens (tertiary/aromatic N) is 2. The van der Waals surface area contributed by atoms with E-state index in [-0.39, 0.29) is 0 Å². The van der Waals surface area contributed by atoms with Crippen molar-refractivity contribution in [2.45, 2.75) is 0 Å². The summed E-state index contributed by atoms with van der Waals surface area (Å²) in [6.45, 7) is 0.